The number of alkyl carbamates (subject to hydrolysis) is 1. The Morgan fingerprint density at radius 1 is 1.33 bits per heavy atom. The maximum atomic E-state index is 11.9. The minimum atomic E-state index is -0.429. The highest BCUT2D eigenvalue weighted by molar-refractivity contribution is 5.68. The Balaban J connectivity index is 1.86. The van der Waals surface area contributed by atoms with Crippen LogP contribution in [-0.4, -0.2) is 24.3 Å². The number of carbonyl (C=O) groups excluding carboxylic acids is 1. The van der Waals surface area contributed by atoms with Crippen LogP contribution in [-0.2, 0) is 4.74 Å². The lowest BCUT2D eigenvalue weighted by Gasteiger charge is -2.31. The smallest absolute Gasteiger partial charge is 0.407 e. The molecule has 122 valence electrons. The zero-order valence-corrected chi connectivity index (χ0v) is 14.2. The number of hydrogen-bond acceptors (Lipinski definition) is 3. The molecule has 3 N–H and O–H groups in total. The molecule has 4 nitrogen and oxygen atoms in total. The fourth-order valence-corrected chi connectivity index (χ4v) is 4.33. The molecule has 2 rings (SSSR count). The minimum Gasteiger partial charge on any atom is -0.444 e. The molecule has 2 aliphatic carbocycles. The highest BCUT2D eigenvalue weighted by Crippen LogP contribution is 2.63. The predicted octanol–water partition coefficient (Wildman–Crippen LogP) is 3.30. The van der Waals surface area contributed by atoms with Crippen LogP contribution in [0.15, 0.2) is 0 Å². The molecule has 0 saturated heterocycles. The molecule has 0 aromatic rings. The fraction of sp³-hybridized carbons (Fsp3) is 0.941. The predicted molar refractivity (Wildman–Crippen MR) is 84.9 cm³/mol. The van der Waals surface area contributed by atoms with Gasteiger partial charge in [-0.05, 0) is 69.7 Å². The largest absolute Gasteiger partial charge is 0.444 e. The monoisotopic (exact) mass is 296 g/mol. The first kappa shape index (κ1) is 16.6. The van der Waals surface area contributed by atoms with Crippen LogP contribution in [0.5, 0.6) is 0 Å². The third-order valence-electron chi connectivity index (χ3n) is 5.34. The van der Waals surface area contributed by atoms with E-state index < -0.39 is 5.60 Å². The first-order valence-electron chi connectivity index (χ1n) is 8.34. The molecule has 2 fully saturated rings. The molecule has 0 heterocycles. The van der Waals surface area contributed by atoms with Gasteiger partial charge in [-0.1, -0.05) is 20.3 Å². The molecule has 0 radical (unpaired) electrons. The summed E-state index contributed by atoms with van der Waals surface area (Å²) in [5.41, 5.74) is 5.85. The van der Waals surface area contributed by atoms with Crippen LogP contribution < -0.4 is 11.1 Å². The van der Waals surface area contributed by atoms with E-state index in [0.717, 1.165) is 25.3 Å². The average molecular weight is 296 g/mol. The summed E-state index contributed by atoms with van der Waals surface area (Å²) in [5, 5.41) is 3.06. The molecule has 21 heavy (non-hydrogen) atoms. The quantitative estimate of drug-likeness (QED) is 0.840. The van der Waals surface area contributed by atoms with E-state index >= 15 is 0 Å². The Hall–Kier alpha value is -0.770. The van der Waals surface area contributed by atoms with E-state index in [0.29, 0.717) is 17.3 Å². The second-order valence-electron chi connectivity index (χ2n) is 8.46. The van der Waals surface area contributed by atoms with E-state index in [1.807, 2.05) is 20.8 Å². The lowest BCUT2D eigenvalue weighted by atomic mass is 9.80. The Bertz CT molecular complexity index is 387. The maximum Gasteiger partial charge on any atom is 0.407 e. The van der Waals surface area contributed by atoms with Gasteiger partial charge in [-0.3, -0.25) is 0 Å². The van der Waals surface area contributed by atoms with Gasteiger partial charge in [-0.25, -0.2) is 4.79 Å². The summed E-state index contributed by atoms with van der Waals surface area (Å²) in [6.45, 7) is 11.1. The number of amides is 1. The van der Waals surface area contributed by atoms with Crippen molar-refractivity contribution in [3.8, 4) is 0 Å². The van der Waals surface area contributed by atoms with Gasteiger partial charge in [0.05, 0.1) is 0 Å². The average Bonchev–Trinajstić information content (AvgIpc) is 2.88. The van der Waals surface area contributed by atoms with Gasteiger partial charge in [0.25, 0.3) is 0 Å². The van der Waals surface area contributed by atoms with Crippen LogP contribution in [0, 0.1) is 23.2 Å². The lowest BCUT2D eigenvalue weighted by molar-refractivity contribution is 0.0480. The lowest BCUT2D eigenvalue weighted by Crippen LogP contribution is -2.42. The molecule has 0 bridgehead atoms. The van der Waals surface area contributed by atoms with Crippen molar-refractivity contribution in [1.82, 2.24) is 5.32 Å². The Morgan fingerprint density at radius 2 is 2.00 bits per heavy atom. The van der Waals surface area contributed by atoms with Crippen molar-refractivity contribution in [3.05, 3.63) is 0 Å². The second kappa shape index (κ2) is 5.79. The summed E-state index contributed by atoms with van der Waals surface area (Å²) >= 11 is 0. The normalized spacial score (nSPS) is 35.1. The van der Waals surface area contributed by atoms with Crippen LogP contribution >= 0.6 is 0 Å². The van der Waals surface area contributed by atoms with Crippen LogP contribution in [0.25, 0.3) is 0 Å². The minimum absolute atomic E-state index is 0.258. The number of rotatable bonds is 3. The van der Waals surface area contributed by atoms with Gasteiger partial charge in [0, 0.05) is 6.04 Å². The van der Waals surface area contributed by atoms with Crippen molar-refractivity contribution >= 4 is 6.09 Å². The van der Waals surface area contributed by atoms with E-state index in [1.54, 1.807) is 0 Å². The summed E-state index contributed by atoms with van der Waals surface area (Å²) in [6, 6.07) is 0.258. The molecule has 1 unspecified atom stereocenters. The molecule has 2 saturated carbocycles. The number of nitrogens with one attached hydrogen (secondary N) is 1. The SMILES string of the molecule is CC(C)(C)OC(=O)N[C@@H]1CCCC([C@H]2[C@H](CN)C2(C)C)C1. The van der Waals surface area contributed by atoms with Gasteiger partial charge in [-0.2, -0.15) is 0 Å². The molecular weight excluding hydrogens is 264 g/mol. The van der Waals surface area contributed by atoms with Gasteiger partial charge in [0.15, 0.2) is 0 Å². The Kier molecular flexibility index (Phi) is 4.57. The summed E-state index contributed by atoms with van der Waals surface area (Å²) < 4.78 is 5.36. The van der Waals surface area contributed by atoms with Crippen LogP contribution in [0.4, 0.5) is 4.79 Å². The number of carbonyl (C=O) groups is 1. The van der Waals surface area contributed by atoms with E-state index in [1.165, 1.54) is 12.8 Å². The van der Waals surface area contributed by atoms with Crippen molar-refractivity contribution in [3.63, 3.8) is 0 Å². The highest BCUT2D eigenvalue weighted by Gasteiger charge is 2.59. The van der Waals surface area contributed by atoms with Crippen molar-refractivity contribution in [2.24, 2.45) is 28.9 Å². The first-order valence-corrected chi connectivity index (χ1v) is 8.34. The molecule has 4 atom stereocenters. The van der Waals surface area contributed by atoms with Crippen LogP contribution in [0.2, 0.25) is 0 Å². The van der Waals surface area contributed by atoms with Crippen LogP contribution in [0.3, 0.4) is 0 Å². The molecule has 0 aromatic carbocycles. The van der Waals surface area contributed by atoms with Gasteiger partial charge >= 0.3 is 6.09 Å². The van der Waals surface area contributed by atoms with Crippen molar-refractivity contribution in [1.29, 1.82) is 0 Å². The Labute approximate surface area is 129 Å². The molecule has 0 spiro atoms. The molecule has 0 aliphatic heterocycles. The molecule has 2 aliphatic rings. The summed E-state index contributed by atoms with van der Waals surface area (Å²) in [7, 11) is 0. The van der Waals surface area contributed by atoms with Crippen molar-refractivity contribution in [2.45, 2.75) is 71.9 Å². The Morgan fingerprint density at radius 3 is 2.52 bits per heavy atom. The van der Waals surface area contributed by atoms with Crippen molar-refractivity contribution in [2.75, 3.05) is 6.54 Å². The number of nitrogens with two attached hydrogens (primary N) is 1. The zero-order chi connectivity index (χ0) is 15.8. The molecule has 4 heteroatoms. The van der Waals surface area contributed by atoms with Gasteiger partial charge < -0.3 is 15.8 Å². The molecule has 1 amide bonds. The fourth-order valence-electron chi connectivity index (χ4n) is 4.33. The van der Waals surface area contributed by atoms with Gasteiger partial charge in [0.2, 0.25) is 0 Å². The highest BCUT2D eigenvalue weighted by atomic mass is 16.6. The number of ether oxygens (including phenoxy) is 1. The van der Waals surface area contributed by atoms with Crippen LogP contribution in [0.1, 0.15) is 60.3 Å². The summed E-state index contributed by atoms with van der Waals surface area (Å²) in [5.74, 6) is 2.08. The maximum absolute atomic E-state index is 11.9. The third-order valence-corrected chi connectivity index (χ3v) is 5.34. The third kappa shape index (κ3) is 3.91. The zero-order valence-electron chi connectivity index (χ0n) is 14.2. The van der Waals surface area contributed by atoms with E-state index in [4.69, 9.17) is 10.5 Å². The van der Waals surface area contributed by atoms with E-state index in [2.05, 4.69) is 19.2 Å². The standard InChI is InChI=1S/C17H32N2O2/c1-16(2,3)21-15(20)19-12-8-6-7-11(9-12)14-13(10-18)17(14,4)5/h11-14H,6-10,18H2,1-5H3,(H,19,20)/t11?,12-,13+,14+/m1/s1. The van der Waals surface area contributed by atoms with Gasteiger partial charge in [0.1, 0.15) is 5.60 Å². The van der Waals surface area contributed by atoms with Gasteiger partial charge in [-0.15, -0.1) is 0 Å². The van der Waals surface area contributed by atoms with Crippen molar-refractivity contribution < 1.29 is 9.53 Å². The molecule has 0 aromatic heterocycles. The topological polar surface area (TPSA) is 64.3 Å². The second-order valence-corrected chi connectivity index (χ2v) is 8.46. The first-order chi connectivity index (χ1) is 9.65. The number of hydrogen-bond donors (Lipinski definition) is 2. The van der Waals surface area contributed by atoms with E-state index in [9.17, 15) is 4.79 Å². The summed E-state index contributed by atoms with van der Waals surface area (Å²) in [4.78, 5) is 11.9. The molecular formula is C17H32N2O2. The van der Waals surface area contributed by atoms with E-state index in [-0.39, 0.29) is 12.1 Å². The summed E-state index contributed by atoms with van der Waals surface area (Å²) in [6.07, 6.45) is 4.32.